The monoisotopic (exact) mass is 458 g/mol. The molecule has 33 heavy (non-hydrogen) atoms. The number of aliphatic hydroxyl groups is 1. The van der Waals surface area contributed by atoms with E-state index in [9.17, 15) is 10.1 Å². The third-order valence-electron chi connectivity index (χ3n) is 4.51. The van der Waals surface area contributed by atoms with Crippen LogP contribution in [0.4, 0.5) is 5.69 Å². The van der Waals surface area contributed by atoms with E-state index in [1.807, 2.05) is 6.07 Å². The van der Waals surface area contributed by atoms with E-state index >= 15 is 0 Å². The Labute approximate surface area is 193 Å². The molecule has 2 rings (SSSR count). The van der Waals surface area contributed by atoms with E-state index in [0.717, 1.165) is 5.56 Å². The highest BCUT2D eigenvalue weighted by Gasteiger charge is 2.15. The van der Waals surface area contributed by atoms with Crippen molar-refractivity contribution in [1.29, 1.82) is 5.26 Å². The van der Waals surface area contributed by atoms with Crippen LogP contribution in [0, 0.1) is 11.3 Å². The van der Waals surface area contributed by atoms with Crippen molar-refractivity contribution in [2.24, 2.45) is 11.5 Å². The van der Waals surface area contributed by atoms with Gasteiger partial charge < -0.3 is 41.3 Å². The van der Waals surface area contributed by atoms with Gasteiger partial charge in [0.15, 0.2) is 11.5 Å². The van der Waals surface area contributed by atoms with Gasteiger partial charge in [-0.15, -0.1) is 0 Å². The number of rotatable bonds is 8. The molecule has 1 amide bonds. The molecule has 2 atom stereocenters. The number of carbonyl (C=O) groups excluding carboxylic acids is 1. The molecule has 0 saturated heterocycles. The van der Waals surface area contributed by atoms with Gasteiger partial charge in [0.25, 0.3) is 0 Å². The molecule has 0 saturated carbocycles. The maximum atomic E-state index is 10.1. The molecule has 0 aliphatic heterocycles. The number of nitrogens with zero attached hydrogens (tertiary/aromatic N) is 1. The zero-order valence-corrected chi connectivity index (χ0v) is 19.3. The van der Waals surface area contributed by atoms with Gasteiger partial charge in [-0.2, -0.15) is 5.26 Å². The van der Waals surface area contributed by atoms with Gasteiger partial charge in [-0.3, -0.25) is 4.79 Å². The number of primary amides is 1. The van der Waals surface area contributed by atoms with E-state index in [2.05, 4.69) is 6.07 Å². The predicted molar refractivity (Wildman–Crippen MR) is 126 cm³/mol. The first-order valence-corrected chi connectivity index (χ1v) is 9.72. The normalized spacial score (nSPS) is 12.4. The summed E-state index contributed by atoms with van der Waals surface area (Å²) in [5.74, 6) is 1.34. The van der Waals surface area contributed by atoms with Crippen LogP contribution in [0.1, 0.15) is 18.1 Å². The number of methoxy groups -OCH3 is 4. The molecule has 7 N–H and O–H groups in total. The number of ether oxygens (including phenoxy) is 4. The summed E-state index contributed by atoms with van der Waals surface area (Å²) in [5.41, 5.74) is 18.0. The molecular formula is C23H30N4O6. The number of hydrogen-bond acceptors (Lipinski definition) is 9. The summed E-state index contributed by atoms with van der Waals surface area (Å²) < 4.78 is 21.1. The Balaban J connectivity index is 0.000000582. The number of carbonyl (C=O) groups is 1. The number of anilines is 1. The molecule has 0 spiro atoms. The summed E-state index contributed by atoms with van der Waals surface area (Å²) in [5, 5.41) is 18.1. The van der Waals surface area contributed by atoms with E-state index in [1.54, 1.807) is 37.5 Å². The second-order valence-corrected chi connectivity index (χ2v) is 6.75. The highest BCUT2D eigenvalue weighted by molar-refractivity contribution is 5.91. The lowest BCUT2D eigenvalue weighted by atomic mass is 10.0. The Morgan fingerprint density at radius 3 is 1.91 bits per heavy atom. The van der Waals surface area contributed by atoms with Crippen LogP contribution in [0.25, 0.3) is 11.6 Å². The van der Waals surface area contributed by atoms with Crippen molar-refractivity contribution >= 4 is 23.2 Å². The smallest absolute Gasteiger partial charge is 0.237 e. The summed E-state index contributed by atoms with van der Waals surface area (Å²) in [6.45, 7) is 1.41. The lowest BCUT2D eigenvalue weighted by molar-refractivity contribution is -0.121. The number of nitrogen functional groups attached to an aromatic ring is 1. The number of nitrogens with two attached hydrogens (primary N) is 3. The van der Waals surface area contributed by atoms with E-state index in [0.29, 0.717) is 39.8 Å². The highest BCUT2D eigenvalue weighted by Crippen LogP contribution is 2.40. The van der Waals surface area contributed by atoms with Crippen molar-refractivity contribution < 1.29 is 28.8 Å². The van der Waals surface area contributed by atoms with Crippen molar-refractivity contribution in [3.8, 4) is 29.1 Å². The lowest BCUT2D eigenvalue weighted by Gasteiger charge is -2.14. The number of aliphatic hydroxyl groups excluding tert-OH is 1. The minimum absolute atomic E-state index is 0.434. The third-order valence-corrected chi connectivity index (χ3v) is 4.51. The molecule has 0 heterocycles. The van der Waals surface area contributed by atoms with E-state index in [1.165, 1.54) is 28.3 Å². The second-order valence-electron chi connectivity index (χ2n) is 6.75. The van der Waals surface area contributed by atoms with Crippen LogP contribution >= 0.6 is 0 Å². The van der Waals surface area contributed by atoms with Gasteiger partial charge in [-0.1, -0.05) is 6.07 Å². The van der Waals surface area contributed by atoms with Crippen molar-refractivity contribution in [2.45, 2.75) is 19.1 Å². The summed E-state index contributed by atoms with van der Waals surface area (Å²) in [4.78, 5) is 10.1. The molecule has 0 unspecified atom stereocenters. The molecule has 2 aromatic rings. The zero-order chi connectivity index (χ0) is 25.1. The minimum Gasteiger partial charge on any atom is -0.495 e. The maximum Gasteiger partial charge on any atom is 0.237 e. The number of benzene rings is 2. The van der Waals surface area contributed by atoms with Crippen LogP contribution in [0.3, 0.4) is 0 Å². The quantitative estimate of drug-likeness (QED) is 0.260. The van der Waals surface area contributed by atoms with Gasteiger partial charge in [0.05, 0.1) is 51.9 Å². The topological polar surface area (TPSA) is 176 Å². The van der Waals surface area contributed by atoms with Crippen LogP contribution in [-0.4, -0.2) is 51.6 Å². The Morgan fingerprint density at radius 2 is 1.58 bits per heavy atom. The first-order chi connectivity index (χ1) is 15.6. The molecule has 0 aliphatic rings. The van der Waals surface area contributed by atoms with E-state index < -0.39 is 18.1 Å². The largest absolute Gasteiger partial charge is 0.495 e. The number of amides is 1. The molecule has 0 radical (unpaired) electrons. The number of hydrogen-bond donors (Lipinski definition) is 4. The maximum absolute atomic E-state index is 10.1. The van der Waals surface area contributed by atoms with Crippen molar-refractivity contribution in [1.82, 2.24) is 0 Å². The fraction of sp³-hybridized carbons (Fsp3) is 0.304. The molecule has 0 bridgehead atoms. The Kier molecular flexibility index (Phi) is 10.5. The van der Waals surface area contributed by atoms with Crippen molar-refractivity contribution in [2.75, 3.05) is 34.2 Å². The standard InChI is InChI=1S/C19H20N2O4.C4H10N2O2/c1-22-16-6-5-12(8-15(16)21)7-14(11-20)13-9-17(23-2)19(25-4)18(10-13)24-3;1-2(7)3(5)4(6)8/h5-10H,21H2,1-4H3;2-3,7H,5H2,1H3,(H2,6,8)/b14-7-;/t;2-,3+/m.1/s1. The van der Waals surface area contributed by atoms with Gasteiger partial charge in [0.1, 0.15) is 11.8 Å². The molecule has 0 aliphatic carbocycles. The molecule has 2 aromatic carbocycles. The molecule has 178 valence electrons. The van der Waals surface area contributed by atoms with E-state index in [4.69, 9.17) is 41.3 Å². The average molecular weight is 459 g/mol. The molecule has 0 fully saturated rings. The zero-order valence-electron chi connectivity index (χ0n) is 19.3. The van der Waals surface area contributed by atoms with Crippen LogP contribution in [0.15, 0.2) is 30.3 Å². The SMILES string of the molecule is COc1ccc(/C=C(/C#N)c2cc(OC)c(OC)c(OC)c2)cc1N.C[C@@H](O)[C@H](N)C(N)=O. The minimum atomic E-state index is -0.935. The fourth-order valence-electron chi connectivity index (χ4n) is 2.66. The summed E-state index contributed by atoms with van der Waals surface area (Å²) in [7, 11) is 6.14. The first kappa shape index (κ1) is 27.1. The average Bonchev–Trinajstić information content (AvgIpc) is 2.81. The predicted octanol–water partition coefficient (Wildman–Crippen LogP) is 1.55. The van der Waals surface area contributed by atoms with Crippen LogP contribution in [0.2, 0.25) is 0 Å². The van der Waals surface area contributed by atoms with E-state index in [-0.39, 0.29) is 0 Å². The lowest BCUT2D eigenvalue weighted by Crippen LogP contribution is -2.44. The summed E-state index contributed by atoms with van der Waals surface area (Å²) >= 11 is 0. The molecule has 0 aromatic heterocycles. The van der Waals surface area contributed by atoms with Gasteiger partial charge in [-0.05, 0) is 48.4 Å². The van der Waals surface area contributed by atoms with Gasteiger partial charge in [0, 0.05) is 0 Å². The van der Waals surface area contributed by atoms with Crippen molar-refractivity contribution in [3.05, 3.63) is 41.5 Å². The van der Waals surface area contributed by atoms with Crippen LogP contribution in [0.5, 0.6) is 23.0 Å². The van der Waals surface area contributed by atoms with Gasteiger partial charge in [0.2, 0.25) is 11.7 Å². The molecular weight excluding hydrogens is 428 g/mol. The third kappa shape index (κ3) is 7.31. The highest BCUT2D eigenvalue weighted by atomic mass is 16.5. The first-order valence-electron chi connectivity index (χ1n) is 9.72. The number of nitriles is 1. The number of allylic oxidation sites excluding steroid dienone is 1. The Morgan fingerprint density at radius 1 is 1.03 bits per heavy atom. The molecule has 10 heteroatoms. The fourth-order valence-corrected chi connectivity index (χ4v) is 2.66. The van der Waals surface area contributed by atoms with Crippen LogP contribution in [-0.2, 0) is 4.79 Å². The molecule has 10 nitrogen and oxygen atoms in total. The summed E-state index contributed by atoms with van der Waals surface area (Å²) in [6.07, 6.45) is 0.878. The van der Waals surface area contributed by atoms with Crippen molar-refractivity contribution in [3.63, 3.8) is 0 Å². The Hall–Kier alpha value is -3.94. The van der Waals surface area contributed by atoms with Gasteiger partial charge in [-0.25, -0.2) is 0 Å². The summed E-state index contributed by atoms with van der Waals surface area (Å²) in [6, 6.07) is 10.0. The second kappa shape index (κ2) is 12.8. The van der Waals surface area contributed by atoms with Crippen LogP contribution < -0.4 is 36.1 Å². The van der Waals surface area contributed by atoms with Gasteiger partial charge >= 0.3 is 0 Å². The Bertz CT molecular complexity index is 1010.